The molecule has 1 saturated carbocycles. The molecule has 1 aliphatic carbocycles. The van der Waals surface area contributed by atoms with Crippen molar-refractivity contribution in [1.29, 1.82) is 0 Å². The summed E-state index contributed by atoms with van der Waals surface area (Å²) < 4.78 is 7.52. The second kappa shape index (κ2) is 6.41. The van der Waals surface area contributed by atoms with Gasteiger partial charge in [-0.15, -0.1) is 0 Å². The normalized spacial score (nSPS) is 20.7. The maximum absolute atomic E-state index is 5.28. The second-order valence-electron chi connectivity index (χ2n) is 5.41. The van der Waals surface area contributed by atoms with Gasteiger partial charge in [-0.25, -0.2) is 0 Å². The van der Waals surface area contributed by atoms with Crippen molar-refractivity contribution in [3.8, 4) is 5.75 Å². The van der Waals surface area contributed by atoms with Crippen molar-refractivity contribution in [3.63, 3.8) is 0 Å². The second-order valence-corrected chi connectivity index (χ2v) is 7.18. The van der Waals surface area contributed by atoms with E-state index in [4.69, 9.17) is 4.74 Å². The Kier molecular flexibility index (Phi) is 4.55. The molecule has 0 heterocycles. The molecule has 1 N–H and O–H groups in total. The Balaban J connectivity index is 1.62. The summed E-state index contributed by atoms with van der Waals surface area (Å²) in [6, 6.07) is 15.2. The van der Waals surface area contributed by atoms with Gasteiger partial charge in [0.15, 0.2) is 0 Å². The summed E-state index contributed by atoms with van der Waals surface area (Å²) >= 11 is 7.13. The standard InChI is InChI=1S/C17H17Br2NO/c1-21-15-5-6-16(19)17(10-15)20-14-8-12(9-14)11-3-2-4-13(18)7-11/h2-7,10,12,14,20H,8-9H2,1H3. The van der Waals surface area contributed by atoms with Crippen LogP contribution in [0.3, 0.4) is 0 Å². The van der Waals surface area contributed by atoms with Crippen LogP contribution in [0.5, 0.6) is 5.75 Å². The summed E-state index contributed by atoms with van der Waals surface area (Å²) in [6.45, 7) is 0. The third-order valence-corrected chi connectivity index (χ3v) is 5.18. The summed E-state index contributed by atoms with van der Waals surface area (Å²) in [5.74, 6) is 1.54. The van der Waals surface area contributed by atoms with Crippen LogP contribution in [0.15, 0.2) is 51.4 Å². The van der Waals surface area contributed by atoms with Crippen LogP contribution in [-0.4, -0.2) is 13.2 Å². The van der Waals surface area contributed by atoms with E-state index < -0.39 is 0 Å². The largest absolute Gasteiger partial charge is 0.497 e. The van der Waals surface area contributed by atoms with Crippen molar-refractivity contribution in [1.82, 2.24) is 0 Å². The van der Waals surface area contributed by atoms with Crippen molar-refractivity contribution in [2.24, 2.45) is 0 Å². The van der Waals surface area contributed by atoms with E-state index in [0.29, 0.717) is 12.0 Å². The highest BCUT2D eigenvalue weighted by Gasteiger charge is 2.30. The van der Waals surface area contributed by atoms with E-state index in [0.717, 1.165) is 20.4 Å². The summed E-state index contributed by atoms with van der Waals surface area (Å²) in [7, 11) is 1.69. The minimum absolute atomic E-state index is 0.525. The van der Waals surface area contributed by atoms with Crippen molar-refractivity contribution < 1.29 is 4.74 Å². The highest BCUT2D eigenvalue weighted by atomic mass is 79.9. The van der Waals surface area contributed by atoms with Crippen molar-refractivity contribution >= 4 is 37.5 Å². The van der Waals surface area contributed by atoms with Crippen LogP contribution in [0.25, 0.3) is 0 Å². The number of hydrogen-bond donors (Lipinski definition) is 1. The van der Waals surface area contributed by atoms with Crippen LogP contribution in [0, 0.1) is 0 Å². The molecule has 0 spiro atoms. The molecule has 1 fully saturated rings. The van der Waals surface area contributed by atoms with Gasteiger partial charge in [0.2, 0.25) is 0 Å². The number of halogens is 2. The maximum Gasteiger partial charge on any atom is 0.121 e. The Morgan fingerprint density at radius 2 is 1.90 bits per heavy atom. The first kappa shape index (κ1) is 14.9. The fraction of sp³-hybridized carbons (Fsp3) is 0.294. The van der Waals surface area contributed by atoms with E-state index in [1.807, 2.05) is 18.2 Å². The fourth-order valence-corrected chi connectivity index (χ4v) is 3.51. The third kappa shape index (κ3) is 3.43. The predicted molar refractivity (Wildman–Crippen MR) is 94.2 cm³/mol. The van der Waals surface area contributed by atoms with Gasteiger partial charge < -0.3 is 10.1 Å². The van der Waals surface area contributed by atoms with Gasteiger partial charge in [-0.3, -0.25) is 0 Å². The number of anilines is 1. The van der Waals surface area contributed by atoms with Crippen molar-refractivity contribution in [2.75, 3.05) is 12.4 Å². The maximum atomic E-state index is 5.28. The summed E-state index contributed by atoms with van der Waals surface area (Å²) in [6.07, 6.45) is 2.33. The van der Waals surface area contributed by atoms with Gasteiger partial charge in [-0.2, -0.15) is 0 Å². The van der Waals surface area contributed by atoms with Gasteiger partial charge in [0.25, 0.3) is 0 Å². The first-order chi connectivity index (χ1) is 10.2. The number of rotatable bonds is 4. The van der Waals surface area contributed by atoms with E-state index in [9.17, 15) is 0 Å². The molecule has 1 aliphatic rings. The van der Waals surface area contributed by atoms with Gasteiger partial charge in [-0.1, -0.05) is 28.1 Å². The van der Waals surface area contributed by atoms with Crippen LogP contribution < -0.4 is 10.1 Å². The number of methoxy groups -OCH3 is 1. The summed E-state index contributed by atoms with van der Waals surface area (Å²) in [4.78, 5) is 0. The molecule has 0 saturated heterocycles. The van der Waals surface area contributed by atoms with Gasteiger partial charge in [0.1, 0.15) is 5.75 Å². The smallest absolute Gasteiger partial charge is 0.121 e. The van der Waals surface area contributed by atoms with Gasteiger partial charge in [0.05, 0.1) is 12.8 Å². The molecule has 110 valence electrons. The molecular weight excluding hydrogens is 394 g/mol. The summed E-state index contributed by atoms with van der Waals surface area (Å²) in [5.41, 5.74) is 2.53. The molecule has 2 aromatic carbocycles. The lowest BCUT2D eigenvalue weighted by atomic mass is 9.76. The minimum atomic E-state index is 0.525. The molecule has 2 nitrogen and oxygen atoms in total. The number of hydrogen-bond acceptors (Lipinski definition) is 2. The molecular formula is C17H17Br2NO. The van der Waals surface area contributed by atoms with E-state index in [1.54, 1.807) is 7.11 Å². The Morgan fingerprint density at radius 3 is 2.62 bits per heavy atom. The molecule has 0 unspecified atom stereocenters. The number of benzene rings is 2. The van der Waals surface area contributed by atoms with Crippen LogP contribution in [0.4, 0.5) is 5.69 Å². The van der Waals surface area contributed by atoms with Crippen molar-refractivity contribution in [2.45, 2.75) is 24.8 Å². The average Bonchev–Trinajstić information content (AvgIpc) is 2.44. The Hall–Kier alpha value is -1.00. The minimum Gasteiger partial charge on any atom is -0.497 e. The SMILES string of the molecule is COc1ccc(Br)c(NC2CC(c3cccc(Br)c3)C2)c1. The average molecular weight is 411 g/mol. The fourth-order valence-electron chi connectivity index (χ4n) is 2.73. The van der Waals surface area contributed by atoms with Crippen molar-refractivity contribution in [3.05, 3.63) is 57.0 Å². The number of ether oxygens (including phenoxy) is 1. The lowest BCUT2D eigenvalue weighted by Crippen LogP contribution is -2.34. The van der Waals surface area contributed by atoms with E-state index in [2.05, 4.69) is 61.4 Å². The van der Waals surface area contributed by atoms with E-state index in [1.165, 1.54) is 18.4 Å². The number of nitrogens with one attached hydrogen (secondary N) is 1. The molecule has 4 heteroatoms. The monoisotopic (exact) mass is 409 g/mol. The zero-order valence-corrected chi connectivity index (χ0v) is 14.9. The highest BCUT2D eigenvalue weighted by Crippen LogP contribution is 2.40. The zero-order chi connectivity index (χ0) is 14.8. The zero-order valence-electron chi connectivity index (χ0n) is 11.8. The Morgan fingerprint density at radius 1 is 1.10 bits per heavy atom. The van der Waals surface area contributed by atoms with Gasteiger partial charge in [-0.05, 0) is 64.5 Å². The Labute approximate surface area is 142 Å². The highest BCUT2D eigenvalue weighted by molar-refractivity contribution is 9.10. The molecule has 0 aromatic heterocycles. The molecule has 3 rings (SSSR count). The third-order valence-electron chi connectivity index (χ3n) is 3.99. The molecule has 0 atom stereocenters. The first-order valence-electron chi connectivity index (χ1n) is 7.01. The molecule has 21 heavy (non-hydrogen) atoms. The predicted octanol–water partition coefficient (Wildman–Crippen LogP) is 5.58. The van der Waals surface area contributed by atoms with Gasteiger partial charge >= 0.3 is 0 Å². The van der Waals surface area contributed by atoms with Crippen LogP contribution >= 0.6 is 31.9 Å². The quantitative estimate of drug-likeness (QED) is 0.710. The van der Waals surface area contributed by atoms with Crippen LogP contribution in [-0.2, 0) is 0 Å². The van der Waals surface area contributed by atoms with Gasteiger partial charge in [0, 0.05) is 21.1 Å². The van der Waals surface area contributed by atoms with Crippen LogP contribution in [0.1, 0.15) is 24.3 Å². The molecule has 0 bridgehead atoms. The lowest BCUT2D eigenvalue weighted by Gasteiger charge is -2.37. The molecule has 0 aliphatic heterocycles. The van der Waals surface area contributed by atoms with E-state index in [-0.39, 0.29) is 0 Å². The van der Waals surface area contributed by atoms with Crippen LogP contribution in [0.2, 0.25) is 0 Å². The summed E-state index contributed by atoms with van der Waals surface area (Å²) in [5, 5.41) is 3.60. The topological polar surface area (TPSA) is 21.3 Å². The molecule has 0 radical (unpaired) electrons. The Bertz CT molecular complexity index is 638. The molecule has 0 amide bonds. The van der Waals surface area contributed by atoms with E-state index >= 15 is 0 Å². The molecule has 2 aromatic rings. The lowest BCUT2D eigenvalue weighted by molar-refractivity contribution is 0.373. The first-order valence-corrected chi connectivity index (χ1v) is 8.60.